The molecule has 0 saturated carbocycles. The molecule has 2 aliphatic rings. The summed E-state index contributed by atoms with van der Waals surface area (Å²) < 4.78 is 28.2. The molecule has 2 aromatic rings. The average molecular weight is 430 g/mol. The Kier molecular flexibility index (Phi) is 5.00. The van der Waals surface area contributed by atoms with E-state index in [0.29, 0.717) is 6.07 Å². The van der Waals surface area contributed by atoms with E-state index in [9.17, 15) is 28.3 Å². The maximum absolute atomic E-state index is 13.8. The lowest BCUT2D eigenvalue weighted by Crippen LogP contribution is -2.57. The molecule has 2 amide bonds. The van der Waals surface area contributed by atoms with E-state index in [0.717, 1.165) is 6.07 Å². The fourth-order valence-electron chi connectivity index (χ4n) is 3.68. The van der Waals surface area contributed by atoms with Gasteiger partial charge in [-0.05, 0) is 19.9 Å². The van der Waals surface area contributed by atoms with Gasteiger partial charge in [-0.25, -0.2) is 8.78 Å². The first-order valence-electron chi connectivity index (χ1n) is 9.66. The summed E-state index contributed by atoms with van der Waals surface area (Å²) in [5.41, 5.74) is -1.60. The maximum atomic E-state index is 13.8. The molecule has 162 valence electrons. The van der Waals surface area contributed by atoms with Crippen molar-refractivity contribution in [1.82, 2.24) is 14.9 Å². The van der Waals surface area contributed by atoms with E-state index in [1.807, 2.05) is 26.0 Å². The zero-order valence-corrected chi connectivity index (χ0v) is 16.8. The summed E-state index contributed by atoms with van der Waals surface area (Å²) in [6.07, 6.45) is 4.94. The van der Waals surface area contributed by atoms with E-state index in [-0.39, 0.29) is 36.6 Å². The highest BCUT2D eigenvalue weighted by Gasteiger charge is 2.38. The minimum absolute atomic E-state index is 0.0307. The van der Waals surface area contributed by atoms with Crippen molar-refractivity contribution in [2.45, 2.75) is 32.5 Å². The first kappa shape index (κ1) is 20.6. The van der Waals surface area contributed by atoms with Gasteiger partial charge in [0.05, 0.1) is 6.04 Å². The fraction of sp³-hybridized carbons (Fsp3) is 0.286. The van der Waals surface area contributed by atoms with Crippen LogP contribution in [0, 0.1) is 11.6 Å². The van der Waals surface area contributed by atoms with Gasteiger partial charge in [-0.15, -0.1) is 0 Å². The molecule has 0 radical (unpaired) electrons. The van der Waals surface area contributed by atoms with Crippen LogP contribution in [-0.2, 0) is 6.54 Å². The van der Waals surface area contributed by atoms with E-state index in [1.54, 1.807) is 5.01 Å². The van der Waals surface area contributed by atoms with Crippen molar-refractivity contribution in [3.8, 4) is 5.75 Å². The number of hydrogen-bond donors (Lipinski definition) is 2. The maximum Gasteiger partial charge on any atom is 0.278 e. The van der Waals surface area contributed by atoms with E-state index in [2.05, 4.69) is 5.32 Å². The summed E-state index contributed by atoms with van der Waals surface area (Å²) in [7, 11) is 0. The Morgan fingerprint density at radius 3 is 2.61 bits per heavy atom. The number of pyridine rings is 1. The van der Waals surface area contributed by atoms with E-state index >= 15 is 0 Å². The number of carbonyl (C=O) groups excluding carboxylic acids is 2. The Hall–Kier alpha value is -3.69. The van der Waals surface area contributed by atoms with E-state index < -0.39 is 40.2 Å². The predicted molar refractivity (Wildman–Crippen MR) is 107 cm³/mol. The number of amides is 2. The van der Waals surface area contributed by atoms with Gasteiger partial charge < -0.3 is 15.3 Å². The molecular formula is C21H20F2N4O4. The Labute approximate surface area is 176 Å². The molecule has 0 spiro atoms. The third kappa shape index (κ3) is 3.43. The van der Waals surface area contributed by atoms with Crippen molar-refractivity contribution >= 4 is 11.8 Å². The minimum atomic E-state index is -1.01. The van der Waals surface area contributed by atoms with Gasteiger partial charge in [-0.3, -0.25) is 24.1 Å². The lowest BCUT2D eigenvalue weighted by atomic mass is 10.1. The molecular weight excluding hydrogens is 410 g/mol. The van der Waals surface area contributed by atoms with E-state index in [1.165, 1.54) is 21.8 Å². The smallest absolute Gasteiger partial charge is 0.278 e. The molecule has 0 aliphatic carbocycles. The van der Waals surface area contributed by atoms with Crippen molar-refractivity contribution in [3.63, 3.8) is 0 Å². The molecule has 10 heteroatoms. The summed E-state index contributed by atoms with van der Waals surface area (Å²) in [4.78, 5) is 39.7. The van der Waals surface area contributed by atoms with Crippen LogP contribution in [0.25, 0.3) is 0 Å². The third-order valence-electron chi connectivity index (χ3n) is 5.53. The van der Waals surface area contributed by atoms with Crippen LogP contribution in [0.2, 0.25) is 0 Å². The second-order valence-electron chi connectivity index (χ2n) is 7.55. The number of nitrogens with zero attached hydrogens (tertiary/aromatic N) is 3. The zero-order chi connectivity index (χ0) is 22.4. The number of rotatable bonds is 3. The van der Waals surface area contributed by atoms with Gasteiger partial charge in [0.25, 0.3) is 11.8 Å². The van der Waals surface area contributed by atoms with Gasteiger partial charge in [0.1, 0.15) is 23.9 Å². The summed E-state index contributed by atoms with van der Waals surface area (Å²) in [5.74, 6) is -3.81. The quantitative estimate of drug-likeness (QED) is 0.719. The Morgan fingerprint density at radius 2 is 1.90 bits per heavy atom. The van der Waals surface area contributed by atoms with Gasteiger partial charge >= 0.3 is 0 Å². The number of hydrogen-bond acceptors (Lipinski definition) is 5. The molecule has 0 fully saturated rings. The number of carbonyl (C=O) groups is 2. The molecule has 4 rings (SSSR count). The van der Waals surface area contributed by atoms with Gasteiger partial charge in [0, 0.05) is 30.4 Å². The molecule has 1 aromatic heterocycles. The van der Waals surface area contributed by atoms with Gasteiger partial charge in [0.2, 0.25) is 5.43 Å². The van der Waals surface area contributed by atoms with Crippen LogP contribution in [0.1, 0.15) is 40.3 Å². The largest absolute Gasteiger partial charge is 0.502 e. The number of benzene rings is 1. The average Bonchev–Trinajstić information content (AvgIpc) is 2.85. The topological polar surface area (TPSA) is 94.9 Å². The molecule has 0 saturated heterocycles. The second-order valence-corrected chi connectivity index (χ2v) is 7.55. The molecule has 2 aliphatic heterocycles. The molecule has 2 unspecified atom stereocenters. The molecule has 8 nitrogen and oxygen atoms in total. The fourth-order valence-corrected chi connectivity index (χ4v) is 3.68. The molecule has 1 aromatic carbocycles. The van der Waals surface area contributed by atoms with Crippen molar-refractivity contribution in [2.75, 3.05) is 11.7 Å². The molecule has 2 bridgehead atoms. The van der Waals surface area contributed by atoms with Crippen molar-refractivity contribution < 1.29 is 23.5 Å². The Bertz CT molecular complexity index is 1180. The number of nitrogens with one attached hydrogen (secondary N) is 1. The van der Waals surface area contributed by atoms with Crippen molar-refractivity contribution in [1.29, 1.82) is 0 Å². The van der Waals surface area contributed by atoms with Crippen LogP contribution in [-0.4, -0.2) is 45.2 Å². The number of aromatic nitrogens is 1. The zero-order valence-electron chi connectivity index (χ0n) is 16.8. The normalized spacial score (nSPS) is 19.8. The second kappa shape index (κ2) is 7.53. The third-order valence-corrected chi connectivity index (χ3v) is 5.53. The van der Waals surface area contributed by atoms with Crippen LogP contribution < -0.4 is 15.8 Å². The van der Waals surface area contributed by atoms with Crippen LogP contribution in [0.15, 0.2) is 41.3 Å². The number of fused-ring (bicyclic) bond motifs is 4. The monoisotopic (exact) mass is 430 g/mol. The Balaban J connectivity index is 1.70. The molecule has 3 heterocycles. The highest BCUT2D eigenvalue weighted by molar-refractivity contribution is 5.99. The van der Waals surface area contributed by atoms with Crippen LogP contribution in [0.5, 0.6) is 5.75 Å². The van der Waals surface area contributed by atoms with Crippen LogP contribution in [0.4, 0.5) is 8.78 Å². The number of aromatic hydroxyl groups is 1. The first-order chi connectivity index (χ1) is 14.7. The summed E-state index contributed by atoms with van der Waals surface area (Å²) in [6.45, 7) is 3.61. The van der Waals surface area contributed by atoms with Gasteiger partial charge in [-0.2, -0.15) is 0 Å². The molecule has 2 atom stereocenters. The minimum Gasteiger partial charge on any atom is -0.502 e. The molecule has 31 heavy (non-hydrogen) atoms. The number of halogens is 2. The lowest BCUT2D eigenvalue weighted by molar-refractivity contribution is 0.0652. The summed E-state index contributed by atoms with van der Waals surface area (Å²) in [5, 5.41) is 14.6. The SMILES string of the molecule is CC1C=CC(C)N2CN1C(=O)c1c(O)c(=O)c(C(=O)NCc3ccc(F)cc3F)cn12. The predicted octanol–water partition coefficient (Wildman–Crippen LogP) is 1.46. The first-order valence-corrected chi connectivity index (χ1v) is 9.66. The highest BCUT2D eigenvalue weighted by atomic mass is 19.1. The van der Waals surface area contributed by atoms with Crippen molar-refractivity contribution in [3.05, 3.63) is 75.2 Å². The Morgan fingerprint density at radius 1 is 1.19 bits per heavy atom. The van der Waals surface area contributed by atoms with Gasteiger partial charge in [0.15, 0.2) is 11.4 Å². The van der Waals surface area contributed by atoms with Gasteiger partial charge in [-0.1, -0.05) is 18.2 Å². The summed E-state index contributed by atoms with van der Waals surface area (Å²) in [6, 6.07) is 2.49. The van der Waals surface area contributed by atoms with Crippen molar-refractivity contribution in [2.24, 2.45) is 0 Å². The van der Waals surface area contributed by atoms with E-state index in [4.69, 9.17) is 0 Å². The highest BCUT2D eigenvalue weighted by Crippen LogP contribution is 2.26. The molecule has 2 N–H and O–H groups in total. The van der Waals surface area contributed by atoms with Crippen LogP contribution in [0.3, 0.4) is 0 Å². The lowest BCUT2D eigenvalue weighted by Gasteiger charge is -2.41. The standard InChI is InChI=1S/C21H20F2N4O4/c1-11-3-4-12(2)27-10-25(11)21(31)17-19(29)18(28)15(9-26(17)27)20(30)24-8-13-5-6-14(22)7-16(13)23/h3-7,9,11-12,29H,8,10H2,1-2H3,(H,24,30). The van der Waals surface area contributed by atoms with Crippen LogP contribution >= 0.6 is 0 Å². The summed E-state index contributed by atoms with van der Waals surface area (Å²) >= 11 is 0.